The van der Waals surface area contributed by atoms with Gasteiger partial charge in [-0.15, -0.1) is 0 Å². The maximum atomic E-state index is 11.0. The summed E-state index contributed by atoms with van der Waals surface area (Å²) in [6.07, 6.45) is 1.43. The molecule has 18 heavy (non-hydrogen) atoms. The van der Waals surface area contributed by atoms with Gasteiger partial charge in [0.1, 0.15) is 11.3 Å². The van der Waals surface area contributed by atoms with Crippen LogP contribution in [0.2, 0.25) is 0 Å². The quantitative estimate of drug-likeness (QED) is 0.890. The zero-order chi connectivity index (χ0) is 13.0. The van der Waals surface area contributed by atoms with Crippen LogP contribution in [-0.4, -0.2) is 16.1 Å². The number of para-hydroxylation sites is 1. The van der Waals surface area contributed by atoms with E-state index < -0.39 is 5.97 Å². The molecule has 0 saturated carbocycles. The molecule has 1 heterocycles. The summed E-state index contributed by atoms with van der Waals surface area (Å²) in [4.78, 5) is 14.9. The van der Waals surface area contributed by atoms with E-state index in [-0.39, 0.29) is 17.2 Å². The second-order valence-electron chi connectivity index (χ2n) is 3.40. The van der Waals surface area contributed by atoms with Crippen LogP contribution >= 0.6 is 0 Å². The van der Waals surface area contributed by atoms with Gasteiger partial charge in [0.2, 0.25) is 5.88 Å². The van der Waals surface area contributed by atoms with E-state index in [0.29, 0.717) is 5.56 Å². The summed E-state index contributed by atoms with van der Waals surface area (Å²) in [5, 5.41) is 17.7. The van der Waals surface area contributed by atoms with Crippen molar-refractivity contribution in [3.05, 3.63) is 53.7 Å². The maximum Gasteiger partial charge on any atom is 0.339 e. The van der Waals surface area contributed by atoms with Crippen molar-refractivity contribution in [2.45, 2.75) is 0 Å². The van der Waals surface area contributed by atoms with E-state index in [4.69, 9.17) is 15.1 Å². The van der Waals surface area contributed by atoms with E-state index in [9.17, 15) is 4.79 Å². The van der Waals surface area contributed by atoms with Crippen molar-refractivity contribution >= 4 is 5.97 Å². The van der Waals surface area contributed by atoms with Gasteiger partial charge in [0, 0.05) is 12.3 Å². The molecule has 5 nitrogen and oxygen atoms in total. The lowest BCUT2D eigenvalue weighted by molar-refractivity contribution is 0.0694. The number of nitrogens with zero attached hydrogens (tertiary/aromatic N) is 2. The Morgan fingerprint density at radius 2 is 2.11 bits per heavy atom. The molecule has 0 spiro atoms. The topological polar surface area (TPSA) is 83.2 Å². The minimum Gasteiger partial charge on any atom is -0.478 e. The molecular weight excluding hydrogens is 232 g/mol. The highest BCUT2D eigenvalue weighted by Crippen LogP contribution is 2.24. The largest absolute Gasteiger partial charge is 0.478 e. The van der Waals surface area contributed by atoms with Gasteiger partial charge in [-0.1, -0.05) is 12.1 Å². The van der Waals surface area contributed by atoms with Gasteiger partial charge >= 0.3 is 5.97 Å². The SMILES string of the molecule is N#Cc1ccnc(Oc2ccccc2C(=O)O)c1. The van der Waals surface area contributed by atoms with Crippen LogP contribution in [0.15, 0.2) is 42.6 Å². The molecular formula is C13H8N2O3. The van der Waals surface area contributed by atoms with Crippen LogP contribution < -0.4 is 4.74 Å². The van der Waals surface area contributed by atoms with Gasteiger partial charge in [0.15, 0.2) is 0 Å². The Morgan fingerprint density at radius 1 is 1.33 bits per heavy atom. The molecule has 2 rings (SSSR count). The number of hydrogen-bond donors (Lipinski definition) is 1. The summed E-state index contributed by atoms with van der Waals surface area (Å²) in [5.41, 5.74) is 0.439. The minimum absolute atomic E-state index is 0.0432. The molecule has 1 N–H and O–H groups in total. The highest BCUT2D eigenvalue weighted by molar-refractivity contribution is 5.90. The molecule has 5 heteroatoms. The summed E-state index contributed by atoms with van der Waals surface area (Å²) in [7, 11) is 0. The van der Waals surface area contributed by atoms with E-state index in [0.717, 1.165) is 0 Å². The fourth-order valence-corrected chi connectivity index (χ4v) is 1.38. The number of rotatable bonds is 3. The Labute approximate surface area is 103 Å². The lowest BCUT2D eigenvalue weighted by Gasteiger charge is -2.07. The Balaban J connectivity index is 2.34. The molecule has 0 atom stereocenters. The highest BCUT2D eigenvalue weighted by atomic mass is 16.5. The summed E-state index contributed by atoms with van der Waals surface area (Å²) in [6, 6.07) is 11.2. The zero-order valence-electron chi connectivity index (χ0n) is 9.20. The van der Waals surface area contributed by atoms with E-state index >= 15 is 0 Å². The second-order valence-corrected chi connectivity index (χ2v) is 3.40. The van der Waals surface area contributed by atoms with Gasteiger partial charge in [-0.3, -0.25) is 0 Å². The second kappa shape index (κ2) is 4.97. The van der Waals surface area contributed by atoms with Gasteiger partial charge in [-0.25, -0.2) is 9.78 Å². The van der Waals surface area contributed by atoms with Crippen molar-refractivity contribution in [1.82, 2.24) is 4.98 Å². The molecule has 0 bridgehead atoms. The first-order chi connectivity index (χ1) is 8.70. The van der Waals surface area contributed by atoms with Gasteiger partial charge in [0.25, 0.3) is 0 Å². The molecule has 0 saturated heterocycles. The smallest absolute Gasteiger partial charge is 0.339 e. The molecule has 88 valence electrons. The minimum atomic E-state index is -1.08. The lowest BCUT2D eigenvalue weighted by Crippen LogP contribution is -2.00. The van der Waals surface area contributed by atoms with Gasteiger partial charge in [-0.05, 0) is 18.2 Å². The number of ether oxygens (including phenoxy) is 1. The third kappa shape index (κ3) is 2.44. The van der Waals surface area contributed by atoms with Crippen molar-refractivity contribution in [3.8, 4) is 17.7 Å². The Hall–Kier alpha value is -2.87. The standard InChI is InChI=1S/C13H8N2O3/c14-8-9-5-6-15-12(7-9)18-11-4-2-1-3-10(11)13(16)17/h1-7H,(H,16,17). The summed E-state index contributed by atoms with van der Waals surface area (Å²) in [5.74, 6) is -0.711. The number of carboxylic acids is 1. The van der Waals surface area contributed by atoms with E-state index in [1.54, 1.807) is 12.1 Å². The third-order valence-electron chi connectivity index (χ3n) is 2.20. The van der Waals surface area contributed by atoms with Gasteiger partial charge < -0.3 is 9.84 Å². The fourth-order valence-electron chi connectivity index (χ4n) is 1.38. The van der Waals surface area contributed by atoms with E-state index in [1.165, 1.54) is 30.5 Å². The molecule has 0 aliphatic heterocycles. The molecule has 0 aliphatic rings. The highest BCUT2D eigenvalue weighted by Gasteiger charge is 2.11. The average Bonchev–Trinajstić information content (AvgIpc) is 2.39. The van der Waals surface area contributed by atoms with Crippen molar-refractivity contribution in [2.75, 3.05) is 0 Å². The van der Waals surface area contributed by atoms with Crippen LogP contribution in [0.3, 0.4) is 0 Å². The number of benzene rings is 1. The first-order valence-corrected chi connectivity index (χ1v) is 5.07. The summed E-state index contributed by atoms with van der Waals surface area (Å²) >= 11 is 0. The van der Waals surface area contributed by atoms with E-state index in [1.807, 2.05) is 6.07 Å². The zero-order valence-corrected chi connectivity index (χ0v) is 9.20. The predicted molar refractivity (Wildman–Crippen MR) is 62.4 cm³/mol. The molecule has 0 amide bonds. The fraction of sp³-hybridized carbons (Fsp3) is 0. The lowest BCUT2D eigenvalue weighted by atomic mass is 10.2. The monoisotopic (exact) mass is 240 g/mol. The van der Waals surface area contributed by atoms with Crippen LogP contribution in [0.1, 0.15) is 15.9 Å². The van der Waals surface area contributed by atoms with Crippen LogP contribution in [0, 0.1) is 11.3 Å². The molecule has 1 aromatic carbocycles. The van der Waals surface area contributed by atoms with Gasteiger partial charge in [-0.2, -0.15) is 5.26 Å². The van der Waals surface area contributed by atoms with Crippen LogP contribution in [0.5, 0.6) is 11.6 Å². The summed E-state index contributed by atoms with van der Waals surface area (Å²) < 4.78 is 5.37. The number of carboxylic acid groups (broad SMARTS) is 1. The normalized spacial score (nSPS) is 9.50. The molecule has 0 radical (unpaired) electrons. The van der Waals surface area contributed by atoms with Gasteiger partial charge in [0.05, 0.1) is 11.6 Å². The molecule has 1 aromatic heterocycles. The van der Waals surface area contributed by atoms with E-state index in [2.05, 4.69) is 4.98 Å². The van der Waals surface area contributed by atoms with Crippen LogP contribution in [-0.2, 0) is 0 Å². The maximum absolute atomic E-state index is 11.0. The molecule has 2 aromatic rings. The number of aromatic nitrogens is 1. The number of pyridine rings is 1. The van der Waals surface area contributed by atoms with Crippen LogP contribution in [0.4, 0.5) is 0 Å². The first-order valence-electron chi connectivity index (χ1n) is 5.07. The van der Waals surface area contributed by atoms with Crippen molar-refractivity contribution in [3.63, 3.8) is 0 Å². The number of hydrogen-bond acceptors (Lipinski definition) is 4. The van der Waals surface area contributed by atoms with Crippen molar-refractivity contribution in [2.24, 2.45) is 0 Å². The Bertz CT molecular complexity index is 632. The number of carbonyl (C=O) groups is 1. The molecule has 0 aliphatic carbocycles. The Morgan fingerprint density at radius 3 is 2.83 bits per heavy atom. The number of nitriles is 1. The first kappa shape index (κ1) is 11.6. The van der Waals surface area contributed by atoms with Crippen molar-refractivity contribution in [1.29, 1.82) is 5.26 Å². The van der Waals surface area contributed by atoms with Crippen molar-refractivity contribution < 1.29 is 14.6 Å². The Kier molecular flexibility index (Phi) is 3.21. The molecule has 0 unspecified atom stereocenters. The average molecular weight is 240 g/mol. The number of aromatic carboxylic acids is 1. The third-order valence-corrected chi connectivity index (χ3v) is 2.20. The predicted octanol–water partition coefficient (Wildman–Crippen LogP) is 2.44. The summed E-state index contributed by atoms with van der Waals surface area (Å²) in [6.45, 7) is 0. The molecule has 0 fully saturated rings. The van der Waals surface area contributed by atoms with Crippen LogP contribution in [0.25, 0.3) is 0 Å².